The molecule has 0 spiro atoms. The Morgan fingerprint density at radius 1 is 0.276 bits per heavy atom. The van der Waals surface area contributed by atoms with Crippen molar-refractivity contribution in [3.63, 3.8) is 0 Å². The maximum Gasteiger partial charge on any atom is 0.472 e. The Balaban J connectivity index is 5.24. The van der Waals surface area contributed by atoms with Crippen LogP contribution in [0.2, 0.25) is 0 Å². The standard InChI is InChI=1S/C79H154O17P2/c1-6-9-12-15-18-21-24-27-30-31-32-33-34-37-40-43-50-55-60-65-79(84)95-74(68-89-76(81)62-57-52-47-41-38-35-28-25-22-19-16-13-10-7-2)70-93-97(85,86)91-66-73(80)67-92-98(87,88)94-71-75(69-90-77(82)63-58-53-48-45-44-46-51-56-61-72(4)5)96-78(83)64-59-54-49-42-39-36-29-26-23-20-17-14-11-8-3/h72-75,80H,6-71H2,1-5H3,(H,85,86)(H,87,88)/t73-,74-,75-/m1/s1. The SMILES string of the molecule is CCCCCCCCCCCCCCCCCCCCCC(=O)O[C@H](COC(=O)CCCCCCCCCCCCCCCC)COP(=O)(O)OC[C@@H](O)COP(=O)(O)OC[C@@H](COC(=O)CCCCCCCCCCC(C)C)OC(=O)CCCCCCCCCCCCCCCC. The summed E-state index contributed by atoms with van der Waals surface area (Å²) in [5, 5.41) is 10.6. The number of hydrogen-bond donors (Lipinski definition) is 3. The smallest absolute Gasteiger partial charge is 0.462 e. The second-order valence-electron chi connectivity index (χ2n) is 28.9. The lowest BCUT2D eigenvalue weighted by Crippen LogP contribution is -2.30. The Morgan fingerprint density at radius 3 is 0.694 bits per heavy atom. The Morgan fingerprint density at radius 2 is 0.469 bits per heavy atom. The zero-order chi connectivity index (χ0) is 71.9. The van der Waals surface area contributed by atoms with Crippen LogP contribution >= 0.6 is 15.6 Å². The van der Waals surface area contributed by atoms with Gasteiger partial charge in [0.2, 0.25) is 0 Å². The molecule has 3 N–H and O–H groups in total. The molecule has 0 saturated carbocycles. The van der Waals surface area contributed by atoms with Gasteiger partial charge in [-0.3, -0.25) is 37.3 Å². The summed E-state index contributed by atoms with van der Waals surface area (Å²) in [7, 11) is -9.92. The van der Waals surface area contributed by atoms with Gasteiger partial charge in [-0.25, -0.2) is 9.13 Å². The Bertz CT molecular complexity index is 1870. The van der Waals surface area contributed by atoms with Crippen molar-refractivity contribution in [3.8, 4) is 0 Å². The Hall–Kier alpha value is -1.94. The third-order valence-electron chi connectivity index (χ3n) is 18.5. The van der Waals surface area contributed by atoms with E-state index in [9.17, 15) is 43.2 Å². The van der Waals surface area contributed by atoms with Crippen molar-refractivity contribution in [2.24, 2.45) is 5.92 Å². The van der Waals surface area contributed by atoms with Crippen LogP contribution in [0.1, 0.15) is 420 Å². The highest BCUT2D eigenvalue weighted by atomic mass is 31.2. The van der Waals surface area contributed by atoms with Gasteiger partial charge in [0, 0.05) is 25.7 Å². The van der Waals surface area contributed by atoms with Gasteiger partial charge in [-0.1, -0.05) is 369 Å². The minimum Gasteiger partial charge on any atom is -0.462 e. The molecule has 17 nitrogen and oxygen atoms in total. The van der Waals surface area contributed by atoms with Crippen LogP contribution in [-0.2, 0) is 65.4 Å². The summed E-state index contributed by atoms with van der Waals surface area (Å²) in [6, 6.07) is 0. The van der Waals surface area contributed by atoms with Gasteiger partial charge in [-0.15, -0.1) is 0 Å². The van der Waals surface area contributed by atoms with Crippen LogP contribution in [0.15, 0.2) is 0 Å². The predicted octanol–water partition coefficient (Wildman–Crippen LogP) is 23.6. The molecule has 0 bridgehead atoms. The Labute approximate surface area is 600 Å². The molecular weight excluding hydrogens is 1280 g/mol. The van der Waals surface area contributed by atoms with Crippen molar-refractivity contribution in [3.05, 3.63) is 0 Å². The molecule has 0 aromatic rings. The van der Waals surface area contributed by atoms with E-state index >= 15 is 0 Å². The summed E-state index contributed by atoms with van der Waals surface area (Å²) < 4.78 is 68.7. The first-order chi connectivity index (χ1) is 47.5. The highest BCUT2D eigenvalue weighted by Gasteiger charge is 2.30. The normalized spacial score (nSPS) is 13.9. The molecule has 0 rings (SSSR count). The van der Waals surface area contributed by atoms with Crippen LogP contribution in [0.4, 0.5) is 0 Å². The van der Waals surface area contributed by atoms with Gasteiger partial charge < -0.3 is 33.8 Å². The van der Waals surface area contributed by atoms with Gasteiger partial charge >= 0.3 is 39.5 Å². The zero-order valence-electron chi connectivity index (χ0n) is 63.9. The molecule has 0 fully saturated rings. The molecule has 0 radical (unpaired) electrons. The van der Waals surface area contributed by atoms with E-state index in [0.717, 1.165) is 95.8 Å². The van der Waals surface area contributed by atoms with Crippen LogP contribution in [0.5, 0.6) is 0 Å². The molecule has 0 heterocycles. The third-order valence-corrected chi connectivity index (χ3v) is 20.4. The fraction of sp³-hybridized carbons (Fsp3) is 0.949. The van der Waals surface area contributed by atoms with Gasteiger partial charge in [0.1, 0.15) is 19.3 Å². The minimum atomic E-state index is -4.96. The molecular formula is C79H154O17P2. The van der Waals surface area contributed by atoms with Crippen molar-refractivity contribution in [2.45, 2.75) is 438 Å². The number of rotatable bonds is 79. The summed E-state index contributed by atoms with van der Waals surface area (Å²) in [6.07, 6.45) is 62.4. The van der Waals surface area contributed by atoms with Crippen LogP contribution in [-0.4, -0.2) is 96.7 Å². The summed E-state index contributed by atoms with van der Waals surface area (Å²) in [5.74, 6) is -1.38. The number of hydrogen-bond acceptors (Lipinski definition) is 15. The van der Waals surface area contributed by atoms with E-state index in [4.69, 9.17) is 37.0 Å². The first kappa shape index (κ1) is 96.1. The average Bonchev–Trinajstić information content (AvgIpc) is 1.04. The number of aliphatic hydroxyl groups is 1. The molecule has 0 aliphatic carbocycles. The highest BCUT2D eigenvalue weighted by molar-refractivity contribution is 7.47. The van der Waals surface area contributed by atoms with Gasteiger partial charge in [-0.05, 0) is 31.6 Å². The fourth-order valence-corrected chi connectivity index (χ4v) is 13.8. The second kappa shape index (κ2) is 72.0. The van der Waals surface area contributed by atoms with E-state index < -0.39 is 97.5 Å². The van der Waals surface area contributed by atoms with E-state index in [1.54, 1.807) is 0 Å². The summed E-state index contributed by atoms with van der Waals surface area (Å²) in [6.45, 7) is 7.29. The molecule has 0 aromatic carbocycles. The van der Waals surface area contributed by atoms with Gasteiger partial charge in [0.25, 0.3) is 0 Å². The number of esters is 4. The van der Waals surface area contributed by atoms with Crippen LogP contribution in [0.25, 0.3) is 0 Å². The average molecular weight is 1440 g/mol. The van der Waals surface area contributed by atoms with Gasteiger partial charge in [0.05, 0.1) is 26.4 Å². The van der Waals surface area contributed by atoms with Crippen molar-refractivity contribution in [1.29, 1.82) is 0 Å². The van der Waals surface area contributed by atoms with Crippen molar-refractivity contribution in [2.75, 3.05) is 39.6 Å². The summed E-state index contributed by atoms with van der Waals surface area (Å²) in [5.41, 5.74) is 0. The van der Waals surface area contributed by atoms with E-state index in [2.05, 4.69) is 34.6 Å². The quantitative estimate of drug-likeness (QED) is 0.0222. The third kappa shape index (κ3) is 72.4. The monoisotopic (exact) mass is 1440 g/mol. The maximum absolute atomic E-state index is 13.1. The topological polar surface area (TPSA) is 237 Å². The number of phosphoric ester groups is 2. The number of carbonyl (C=O) groups is 4. The number of aliphatic hydroxyl groups excluding tert-OH is 1. The molecule has 98 heavy (non-hydrogen) atoms. The van der Waals surface area contributed by atoms with E-state index in [0.29, 0.717) is 25.7 Å². The number of unbranched alkanes of at least 4 members (excludes halogenated alkanes) is 51. The molecule has 0 aliphatic heterocycles. The largest absolute Gasteiger partial charge is 0.472 e. The number of phosphoric acid groups is 2. The van der Waals surface area contributed by atoms with Gasteiger partial charge in [0.15, 0.2) is 12.2 Å². The number of carbonyl (C=O) groups excluding carboxylic acids is 4. The predicted molar refractivity (Wildman–Crippen MR) is 400 cm³/mol. The van der Waals surface area contributed by atoms with Crippen molar-refractivity contribution >= 4 is 39.5 Å². The van der Waals surface area contributed by atoms with E-state index in [-0.39, 0.29) is 25.7 Å². The lowest BCUT2D eigenvalue weighted by Gasteiger charge is -2.21. The molecule has 2 unspecified atom stereocenters. The summed E-state index contributed by atoms with van der Waals surface area (Å²) >= 11 is 0. The maximum atomic E-state index is 13.1. The zero-order valence-corrected chi connectivity index (χ0v) is 65.7. The van der Waals surface area contributed by atoms with Crippen LogP contribution in [0, 0.1) is 5.92 Å². The lowest BCUT2D eigenvalue weighted by atomic mass is 10.0. The molecule has 0 saturated heterocycles. The molecule has 19 heteroatoms. The molecule has 582 valence electrons. The summed E-state index contributed by atoms with van der Waals surface area (Å²) in [4.78, 5) is 73.0. The Kier molecular flexibility index (Phi) is 70.6. The fourth-order valence-electron chi connectivity index (χ4n) is 12.2. The molecule has 5 atom stereocenters. The number of ether oxygens (including phenoxy) is 4. The minimum absolute atomic E-state index is 0.108. The van der Waals surface area contributed by atoms with Crippen molar-refractivity contribution in [1.82, 2.24) is 0 Å². The van der Waals surface area contributed by atoms with Crippen LogP contribution in [0.3, 0.4) is 0 Å². The lowest BCUT2D eigenvalue weighted by molar-refractivity contribution is -0.161. The molecule has 0 amide bonds. The van der Waals surface area contributed by atoms with E-state index in [1.807, 2.05) is 0 Å². The molecule has 0 aliphatic rings. The van der Waals surface area contributed by atoms with Gasteiger partial charge in [-0.2, -0.15) is 0 Å². The van der Waals surface area contributed by atoms with Crippen molar-refractivity contribution < 1.29 is 80.2 Å². The highest BCUT2D eigenvalue weighted by Crippen LogP contribution is 2.45. The van der Waals surface area contributed by atoms with E-state index in [1.165, 1.54) is 244 Å². The first-order valence-electron chi connectivity index (χ1n) is 41.1. The first-order valence-corrected chi connectivity index (χ1v) is 44.1. The van der Waals surface area contributed by atoms with Crippen LogP contribution < -0.4 is 0 Å². The molecule has 0 aromatic heterocycles. The second-order valence-corrected chi connectivity index (χ2v) is 31.8.